The number of benzene rings is 1. The number of methoxy groups -OCH3 is 3. The van der Waals surface area contributed by atoms with Crippen LogP contribution in [0.2, 0.25) is 0 Å². The quantitative estimate of drug-likeness (QED) is 0.849. The Hall–Kier alpha value is -1.95. The first kappa shape index (κ1) is 15.4. The molecule has 21 heavy (non-hydrogen) atoms. The van der Waals surface area contributed by atoms with Gasteiger partial charge in [-0.25, -0.2) is 0 Å². The molecule has 1 N–H and O–H groups in total. The molecule has 1 aromatic rings. The van der Waals surface area contributed by atoms with Gasteiger partial charge >= 0.3 is 0 Å². The third-order valence-corrected chi connectivity index (χ3v) is 3.72. The van der Waals surface area contributed by atoms with Crippen molar-refractivity contribution in [3.05, 3.63) is 17.7 Å². The summed E-state index contributed by atoms with van der Waals surface area (Å²) in [5, 5.41) is 9.19. The van der Waals surface area contributed by atoms with Crippen molar-refractivity contribution in [2.75, 3.05) is 34.5 Å². The average Bonchev–Trinajstić information content (AvgIpc) is 2.87. The van der Waals surface area contributed by atoms with Crippen molar-refractivity contribution in [2.45, 2.75) is 13.0 Å². The number of likely N-dealkylation sites (tertiary alicyclic amines) is 1. The molecule has 1 heterocycles. The number of carbonyl (C=O) groups excluding carboxylic acids is 1. The summed E-state index contributed by atoms with van der Waals surface area (Å²) in [7, 11) is 4.71. The predicted octanol–water partition coefficient (Wildman–Crippen LogP) is 1.05. The van der Waals surface area contributed by atoms with Gasteiger partial charge in [-0.3, -0.25) is 4.79 Å². The van der Waals surface area contributed by atoms with Crippen LogP contribution in [0.1, 0.15) is 12.0 Å². The number of hydrogen-bond acceptors (Lipinski definition) is 5. The van der Waals surface area contributed by atoms with E-state index < -0.39 is 0 Å². The topological polar surface area (TPSA) is 68.2 Å². The number of hydrogen-bond donors (Lipinski definition) is 1. The zero-order valence-corrected chi connectivity index (χ0v) is 12.6. The Morgan fingerprint density at radius 3 is 2.24 bits per heavy atom. The van der Waals surface area contributed by atoms with E-state index in [1.54, 1.807) is 38.4 Å². The minimum Gasteiger partial charge on any atom is -0.496 e. The molecule has 6 nitrogen and oxygen atoms in total. The summed E-state index contributed by atoms with van der Waals surface area (Å²) in [5.41, 5.74) is 0.799. The average molecular weight is 295 g/mol. The van der Waals surface area contributed by atoms with E-state index in [1.807, 2.05) is 0 Å². The maximum absolute atomic E-state index is 12.0. The molecular formula is C15H21NO5. The van der Waals surface area contributed by atoms with E-state index in [-0.39, 0.29) is 18.4 Å². The summed E-state index contributed by atoms with van der Waals surface area (Å²) in [6.45, 7) is 0.971. The molecule has 2 rings (SSSR count). The maximum Gasteiger partial charge on any atom is 0.223 e. The molecule has 0 saturated carbocycles. The first-order valence-electron chi connectivity index (χ1n) is 6.80. The van der Waals surface area contributed by atoms with Crippen molar-refractivity contribution in [3.8, 4) is 17.2 Å². The van der Waals surface area contributed by atoms with Gasteiger partial charge < -0.3 is 24.2 Å². The Balaban J connectivity index is 2.28. The smallest absolute Gasteiger partial charge is 0.223 e. The molecule has 1 aliphatic heterocycles. The standard InChI is InChI=1S/C15H21NO5/c1-19-11-5-13(20-2)12(14(6-11)21-3)8-16-7-10(9-17)4-15(16)18/h5-6,10,17H,4,7-9H2,1-3H3. The molecule has 1 aliphatic rings. The van der Waals surface area contributed by atoms with Crippen LogP contribution in [0.15, 0.2) is 12.1 Å². The fraction of sp³-hybridized carbons (Fsp3) is 0.533. The van der Waals surface area contributed by atoms with Crippen LogP contribution in [0.25, 0.3) is 0 Å². The number of carbonyl (C=O) groups is 1. The highest BCUT2D eigenvalue weighted by Gasteiger charge is 2.30. The lowest BCUT2D eigenvalue weighted by Gasteiger charge is -2.21. The van der Waals surface area contributed by atoms with Gasteiger partial charge in [0.1, 0.15) is 17.2 Å². The first-order chi connectivity index (χ1) is 10.1. The maximum atomic E-state index is 12.0. The normalized spacial score (nSPS) is 18.0. The van der Waals surface area contributed by atoms with E-state index >= 15 is 0 Å². The second kappa shape index (κ2) is 6.67. The SMILES string of the molecule is COc1cc(OC)c(CN2CC(CO)CC2=O)c(OC)c1. The highest BCUT2D eigenvalue weighted by Crippen LogP contribution is 2.36. The van der Waals surface area contributed by atoms with E-state index in [2.05, 4.69) is 0 Å². The third kappa shape index (κ3) is 3.21. The van der Waals surface area contributed by atoms with Crippen LogP contribution in [-0.2, 0) is 11.3 Å². The van der Waals surface area contributed by atoms with Crippen molar-refractivity contribution in [2.24, 2.45) is 5.92 Å². The number of ether oxygens (including phenoxy) is 3. The molecule has 116 valence electrons. The Bertz CT molecular complexity index is 492. The molecule has 1 unspecified atom stereocenters. The molecule has 0 aromatic heterocycles. The van der Waals surface area contributed by atoms with Crippen molar-refractivity contribution >= 4 is 5.91 Å². The van der Waals surface area contributed by atoms with E-state index in [4.69, 9.17) is 14.2 Å². The Labute approximate surface area is 124 Å². The summed E-state index contributed by atoms with van der Waals surface area (Å²) in [6.07, 6.45) is 0.386. The lowest BCUT2D eigenvalue weighted by molar-refractivity contribution is -0.128. The minimum atomic E-state index is 0.00716. The van der Waals surface area contributed by atoms with Crippen LogP contribution in [0.3, 0.4) is 0 Å². The molecule has 0 spiro atoms. The molecule has 1 aromatic carbocycles. The Morgan fingerprint density at radius 1 is 1.19 bits per heavy atom. The van der Waals surface area contributed by atoms with Gasteiger partial charge in [0.25, 0.3) is 0 Å². The number of amides is 1. The fourth-order valence-corrected chi connectivity index (χ4v) is 2.55. The van der Waals surface area contributed by atoms with Gasteiger partial charge in [0.05, 0.1) is 33.4 Å². The van der Waals surface area contributed by atoms with Gasteiger partial charge in [-0.1, -0.05) is 0 Å². The molecule has 0 bridgehead atoms. The van der Waals surface area contributed by atoms with Gasteiger partial charge in [0, 0.05) is 37.6 Å². The van der Waals surface area contributed by atoms with Gasteiger partial charge in [-0.15, -0.1) is 0 Å². The predicted molar refractivity (Wildman–Crippen MR) is 76.7 cm³/mol. The molecule has 1 atom stereocenters. The van der Waals surface area contributed by atoms with Crippen molar-refractivity contribution < 1.29 is 24.1 Å². The monoisotopic (exact) mass is 295 g/mol. The molecule has 1 amide bonds. The van der Waals surface area contributed by atoms with Crippen LogP contribution >= 0.6 is 0 Å². The van der Waals surface area contributed by atoms with E-state index in [0.717, 1.165) is 5.56 Å². The second-order valence-corrected chi connectivity index (χ2v) is 5.04. The molecule has 1 fully saturated rings. The van der Waals surface area contributed by atoms with Gasteiger partial charge in [-0.05, 0) is 0 Å². The summed E-state index contributed by atoms with van der Waals surface area (Å²) >= 11 is 0. The lowest BCUT2D eigenvalue weighted by atomic mass is 10.1. The number of aliphatic hydroxyl groups is 1. The second-order valence-electron chi connectivity index (χ2n) is 5.04. The van der Waals surface area contributed by atoms with Crippen LogP contribution < -0.4 is 14.2 Å². The third-order valence-electron chi connectivity index (χ3n) is 3.72. The van der Waals surface area contributed by atoms with Crippen LogP contribution in [0.5, 0.6) is 17.2 Å². The lowest BCUT2D eigenvalue weighted by Crippen LogP contribution is -2.25. The first-order valence-corrected chi connectivity index (χ1v) is 6.80. The van der Waals surface area contributed by atoms with Crippen LogP contribution in [0, 0.1) is 5.92 Å². The summed E-state index contributed by atoms with van der Waals surface area (Å²) in [5.74, 6) is 1.91. The fourth-order valence-electron chi connectivity index (χ4n) is 2.55. The Kier molecular flexibility index (Phi) is 4.90. The number of rotatable bonds is 6. The van der Waals surface area contributed by atoms with Crippen LogP contribution in [0.4, 0.5) is 0 Å². The highest BCUT2D eigenvalue weighted by molar-refractivity contribution is 5.78. The van der Waals surface area contributed by atoms with Gasteiger partial charge in [0.2, 0.25) is 5.91 Å². The molecule has 6 heteroatoms. The molecular weight excluding hydrogens is 274 g/mol. The van der Waals surface area contributed by atoms with Gasteiger partial charge in [-0.2, -0.15) is 0 Å². The zero-order valence-electron chi connectivity index (χ0n) is 12.6. The molecule has 1 saturated heterocycles. The van der Waals surface area contributed by atoms with E-state index in [1.165, 1.54) is 0 Å². The van der Waals surface area contributed by atoms with E-state index in [0.29, 0.717) is 36.8 Å². The van der Waals surface area contributed by atoms with Crippen molar-refractivity contribution in [1.82, 2.24) is 4.90 Å². The zero-order chi connectivity index (χ0) is 15.4. The van der Waals surface area contributed by atoms with Crippen molar-refractivity contribution in [1.29, 1.82) is 0 Å². The molecule has 0 aliphatic carbocycles. The summed E-state index contributed by atoms with van der Waals surface area (Å²) in [6, 6.07) is 3.53. The molecule has 0 radical (unpaired) electrons. The van der Waals surface area contributed by atoms with Crippen LogP contribution in [-0.4, -0.2) is 50.4 Å². The highest BCUT2D eigenvalue weighted by atomic mass is 16.5. The number of nitrogens with zero attached hydrogens (tertiary/aromatic N) is 1. The largest absolute Gasteiger partial charge is 0.496 e. The van der Waals surface area contributed by atoms with Crippen molar-refractivity contribution in [3.63, 3.8) is 0 Å². The summed E-state index contributed by atoms with van der Waals surface area (Å²) in [4.78, 5) is 13.7. The van der Waals surface area contributed by atoms with E-state index in [9.17, 15) is 9.90 Å². The van der Waals surface area contributed by atoms with Gasteiger partial charge in [0.15, 0.2) is 0 Å². The summed E-state index contributed by atoms with van der Waals surface area (Å²) < 4.78 is 16.0. The number of aliphatic hydroxyl groups excluding tert-OH is 1. The minimum absolute atomic E-state index is 0.00716. The Morgan fingerprint density at radius 2 is 1.81 bits per heavy atom.